The van der Waals surface area contributed by atoms with Gasteiger partial charge in [-0.1, -0.05) is 83.9 Å². The van der Waals surface area contributed by atoms with Crippen molar-refractivity contribution in [1.82, 2.24) is 4.90 Å². The summed E-state index contributed by atoms with van der Waals surface area (Å²) in [5, 5.41) is 4.04. The van der Waals surface area contributed by atoms with Crippen molar-refractivity contribution in [2.45, 2.75) is 0 Å². The number of nitrogens with zero attached hydrogens (tertiary/aromatic N) is 2. The SMILES string of the molecule is O=C1c2cccc3cccc(c23)C(=O)N1CCN(C(=O)COc1ccc(Cl)cc1Cl)c1cccc2ccccc12. The summed E-state index contributed by atoms with van der Waals surface area (Å²) in [6.45, 7) is -0.242. The maximum absolute atomic E-state index is 13.7. The van der Waals surface area contributed by atoms with Crippen molar-refractivity contribution in [2.24, 2.45) is 0 Å². The van der Waals surface area contributed by atoms with Crippen LogP contribution in [0.5, 0.6) is 5.75 Å². The van der Waals surface area contributed by atoms with Crippen molar-refractivity contribution in [3.8, 4) is 5.75 Å². The van der Waals surface area contributed by atoms with Gasteiger partial charge in [0.05, 0.1) is 10.7 Å². The lowest BCUT2D eigenvalue weighted by atomic mass is 9.94. The summed E-state index contributed by atoms with van der Waals surface area (Å²) in [5.41, 5.74) is 1.58. The van der Waals surface area contributed by atoms with Crippen LogP contribution in [0.4, 0.5) is 5.69 Å². The number of anilines is 1. The van der Waals surface area contributed by atoms with Crippen LogP contribution in [0.2, 0.25) is 10.0 Å². The van der Waals surface area contributed by atoms with Crippen LogP contribution in [-0.2, 0) is 4.79 Å². The Morgan fingerprint density at radius 2 is 1.43 bits per heavy atom. The van der Waals surface area contributed by atoms with Gasteiger partial charge in [-0.3, -0.25) is 19.3 Å². The molecule has 5 aromatic carbocycles. The monoisotopic (exact) mass is 568 g/mol. The van der Waals surface area contributed by atoms with Crippen molar-refractivity contribution in [1.29, 1.82) is 0 Å². The molecule has 0 radical (unpaired) electrons. The quantitative estimate of drug-likeness (QED) is 0.198. The number of hydrogen-bond donors (Lipinski definition) is 0. The van der Waals surface area contributed by atoms with Crippen LogP contribution in [-0.4, -0.2) is 42.3 Å². The molecule has 0 aliphatic carbocycles. The third-order valence-corrected chi connectivity index (χ3v) is 7.54. The average Bonchev–Trinajstić information content (AvgIpc) is 2.97. The van der Waals surface area contributed by atoms with Crippen molar-refractivity contribution in [3.05, 3.63) is 118 Å². The zero-order valence-electron chi connectivity index (χ0n) is 21.1. The Hall–Kier alpha value is -4.39. The predicted octanol–water partition coefficient (Wildman–Crippen LogP) is 7.01. The van der Waals surface area contributed by atoms with Gasteiger partial charge in [0.2, 0.25) is 0 Å². The first-order chi connectivity index (χ1) is 19.4. The normalized spacial score (nSPS) is 12.7. The zero-order valence-corrected chi connectivity index (χ0v) is 22.7. The van der Waals surface area contributed by atoms with Crippen LogP contribution in [0.25, 0.3) is 21.5 Å². The van der Waals surface area contributed by atoms with Crippen LogP contribution in [0.1, 0.15) is 20.7 Å². The molecular formula is C32H22Cl2N2O4. The molecule has 0 spiro atoms. The van der Waals surface area contributed by atoms with Crippen molar-refractivity contribution >= 4 is 68.2 Å². The Bertz CT molecular complexity index is 1760. The highest BCUT2D eigenvalue weighted by Gasteiger charge is 2.33. The van der Waals surface area contributed by atoms with Crippen LogP contribution in [0, 0.1) is 0 Å². The van der Waals surface area contributed by atoms with Gasteiger partial charge in [0.25, 0.3) is 17.7 Å². The first-order valence-corrected chi connectivity index (χ1v) is 13.4. The summed E-state index contributed by atoms with van der Waals surface area (Å²) in [4.78, 5) is 43.4. The van der Waals surface area contributed by atoms with E-state index in [9.17, 15) is 14.4 Å². The summed E-state index contributed by atoms with van der Waals surface area (Å²) >= 11 is 12.2. The summed E-state index contributed by atoms with van der Waals surface area (Å²) < 4.78 is 5.76. The Kier molecular flexibility index (Phi) is 6.88. The zero-order chi connectivity index (χ0) is 27.8. The number of amides is 3. The van der Waals surface area contributed by atoms with Gasteiger partial charge in [-0.2, -0.15) is 0 Å². The predicted molar refractivity (Wildman–Crippen MR) is 158 cm³/mol. The van der Waals surface area contributed by atoms with E-state index in [1.54, 1.807) is 41.3 Å². The summed E-state index contributed by atoms with van der Waals surface area (Å²) in [5.74, 6) is -0.808. The average molecular weight is 569 g/mol. The van der Waals surface area contributed by atoms with Gasteiger partial charge in [-0.25, -0.2) is 0 Å². The van der Waals surface area contributed by atoms with Crippen molar-refractivity contribution in [2.75, 3.05) is 24.6 Å². The van der Waals surface area contributed by atoms with Crippen LogP contribution in [0.3, 0.4) is 0 Å². The van der Waals surface area contributed by atoms with Gasteiger partial charge >= 0.3 is 0 Å². The second-order valence-electron chi connectivity index (χ2n) is 9.38. The molecule has 0 saturated heterocycles. The van der Waals surface area contributed by atoms with Gasteiger partial charge < -0.3 is 9.64 Å². The number of fused-ring (bicyclic) bond motifs is 1. The highest BCUT2D eigenvalue weighted by atomic mass is 35.5. The fourth-order valence-corrected chi connectivity index (χ4v) is 5.58. The standard InChI is InChI=1S/C32H22Cl2N2O4/c33-22-14-15-28(26(34)18-22)40-19-29(37)35(27-13-5-7-20-6-1-2-10-23(20)27)16-17-36-31(38)24-11-3-8-21-9-4-12-25(30(21)24)32(36)39/h1-15,18H,16-17,19H2. The third kappa shape index (κ3) is 4.66. The number of carbonyl (C=O) groups excluding carboxylic acids is 3. The smallest absolute Gasteiger partial charge is 0.264 e. The molecule has 6 rings (SSSR count). The van der Waals surface area contributed by atoms with E-state index in [-0.39, 0.29) is 42.4 Å². The Morgan fingerprint density at radius 1 is 0.775 bits per heavy atom. The summed E-state index contributed by atoms with van der Waals surface area (Å²) in [6.07, 6.45) is 0. The summed E-state index contributed by atoms with van der Waals surface area (Å²) in [6, 6.07) is 29.0. The minimum absolute atomic E-state index is 0.000942. The Morgan fingerprint density at radius 3 is 2.15 bits per heavy atom. The molecule has 0 atom stereocenters. The maximum Gasteiger partial charge on any atom is 0.264 e. The first-order valence-electron chi connectivity index (χ1n) is 12.7. The second-order valence-corrected chi connectivity index (χ2v) is 10.2. The number of imide groups is 1. The molecule has 1 aliphatic heterocycles. The number of rotatable bonds is 7. The van der Waals surface area contributed by atoms with Gasteiger partial charge in [-0.05, 0) is 47.2 Å². The lowest BCUT2D eigenvalue weighted by Gasteiger charge is -2.30. The number of benzene rings is 5. The summed E-state index contributed by atoms with van der Waals surface area (Å²) in [7, 11) is 0. The first kappa shape index (κ1) is 25.9. The molecule has 0 unspecified atom stereocenters. The molecule has 6 nitrogen and oxygen atoms in total. The largest absolute Gasteiger partial charge is 0.482 e. The van der Waals surface area contributed by atoms with Gasteiger partial charge in [0.15, 0.2) is 6.61 Å². The number of hydrogen-bond acceptors (Lipinski definition) is 4. The maximum atomic E-state index is 13.7. The van der Waals surface area contributed by atoms with E-state index in [0.29, 0.717) is 33.0 Å². The third-order valence-electron chi connectivity index (χ3n) is 7.01. The molecule has 8 heteroatoms. The van der Waals surface area contributed by atoms with Gasteiger partial charge in [0, 0.05) is 40.0 Å². The van der Waals surface area contributed by atoms with E-state index in [2.05, 4.69) is 0 Å². The van der Waals surface area contributed by atoms with Crippen molar-refractivity contribution < 1.29 is 19.1 Å². The van der Waals surface area contributed by atoms with E-state index in [1.807, 2.05) is 54.6 Å². The van der Waals surface area contributed by atoms with E-state index in [0.717, 1.165) is 16.2 Å². The molecule has 0 bridgehead atoms. The molecule has 1 aliphatic rings. The second kappa shape index (κ2) is 10.6. The fraction of sp³-hybridized carbons (Fsp3) is 0.0938. The number of halogens is 2. The van der Waals surface area contributed by atoms with Gasteiger partial charge in [-0.15, -0.1) is 0 Å². The lowest BCUT2D eigenvalue weighted by molar-refractivity contribution is -0.120. The van der Waals surface area contributed by atoms with E-state index < -0.39 is 0 Å². The molecular weight excluding hydrogens is 547 g/mol. The molecule has 40 heavy (non-hydrogen) atoms. The number of ether oxygens (including phenoxy) is 1. The molecule has 5 aromatic rings. The van der Waals surface area contributed by atoms with E-state index in [4.69, 9.17) is 27.9 Å². The molecule has 1 heterocycles. The lowest BCUT2D eigenvalue weighted by Crippen LogP contribution is -2.46. The van der Waals surface area contributed by atoms with E-state index >= 15 is 0 Å². The van der Waals surface area contributed by atoms with Crippen LogP contribution < -0.4 is 9.64 Å². The molecule has 0 fully saturated rings. The fourth-order valence-electron chi connectivity index (χ4n) is 5.12. The highest BCUT2D eigenvalue weighted by Crippen LogP contribution is 2.32. The molecule has 0 aromatic heterocycles. The highest BCUT2D eigenvalue weighted by molar-refractivity contribution is 6.35. The Labute approximate surface area is 240 Å². The van der Waals surface area contributed by atoms with Gasteiger partial charge in [0.1, 0.15) is 5.75 Å². The topological polar surface area (TPSA) is 66.9 Å². The molecule has 198 valence electrons. The minimum Gasteiger partial charge on any atom is -0.482 e. The van der Waals surface area contributed by atoms with Crippen LogP contribution >= 0.6 is 23.2 Å². The number of carbonyl (C=O) groups is 3. The molecule has 0 N–H and O–H groups in total. The Balaban J connectivity index is 1.31. The minimum atomic E-state index is -0.385. The molecule has 3 amide bonds. The van der Waals surface area contributed by atoms with Crippen molar-refractivity contribution in [3.63, 3.8) is 0 Å². The van der Waals surface area contributed by atoms with E-state index in [1.165, 1.54) is 11.0 Å². The molecule has 0 saturated carbocycles. The van der Waals surface area contributed by atoms with Crippen LogP contribution in [0.15, 0.2) is 97.1 Å².